The topological polar surface area (TPSA) is 46.3 Å². The number of pyridine rings is 1. The summed E-state index contributed by atoms with van der Waals surface area (Å²) in [5.74, 6) is 0.199. The average molecular weight is 391 g/mol. The standard InChI is InChI=1S/C17H15F2N5S2/c1-4-6-12-7-13(9-20-11(12)3)15-10-21-23-16(24(25-18)26-19)8-14(5-2)22-17(15)23/h4-10H,2H2,1,3H3/b6-4-. The third-order valence-electron chi connectivity index (χ3n) is 3.78. The lowest BCUT2D eigenvalue weighted by molar-refractivity contribution is 0.900. The van der Waals surface area contributed by atoms with E-state index in [0.717, 1.165) is 20.5 Å². The Labute approximate surface area is 158 Å². The summed E-state index contributed by atoms with van der Waals surface area (Å²) in [7, 11) is 0. The molecule has 0 unspecified atom stereocenters. The Kier molecular flexibility index (Phi) is 5.58. The zero-order chi connectivity index (χ0) is 18.7. The Bertz CT molecular complexity index is 983. The van der Waals surface area contributed by atoms with Crippen molar-refractivity contribution in [3.05, 3.63) is 54.1 Å². The molecule has 134 valence electrons. The molecule has 0 amide bonds. The third kappa shape index (κ3) is 3.32. The smallest absolute Gasteiger partial charge is 0.179 e. The van der Waals surface area contributed by atoms with Gasteiger partial charge in [-0.05, 0) is 31.6 Å². The Morgan fingerprint density at radius 2 is 2.00 bits per heavy atom. The van der Waals surface area contributed by atoms with Gasteiger partial charge in [0.25, 0.3) is 0 Å². The summed E-state index contributed by atoms with van der Waals surface area (Å²) in [5.41, 5.74) is 4.34. The predicted octanol–water partition coefficient (Wildman–Crippen LogP) is 5.65. The molecule has 0 saturated carbocycles. The van der Waals surface area contributed by atoms with Crippen LogP contribution in [-0.4, -0.2) is 19.6 Å². The van der Waals surface area contributed by atoms with E-state index in [1.807, 2.05) is 32.1 Å². The van der Waals surface area contributed by atoms with Gasteiger partial charge in [-0.1, -0.05) is 18.7 Å². The molecular formula is C17H15F2N5S2. The Hall–Kier alpha value is -2.39. The normalized spacial score (nSPS) is 11.4. The van der Waals surface area contributed by atoms with Gasteiger partial charge in [-0.2, -0.15) is 13.3 Å². The summed E-state index contributed by atoms with van der Waals surface area (Å²) in [6, 6.07) is 3.49. The van der Waals surface area contributed by atoms with Crippen LogP contribution in [0.15, 0.2) is 37.2 Å². The van der Waals surface area contributed by atoms with E-state index in [0.29, 0.717) is 16.9 Å². The third-order valence-corrected chi connectivity index (χ3v) is 4.74. The predicted molar refractivity (Wildman–Crippen MR) is 106 cm³/mol. The van der Waals surface area contributed by atoms with E-state index in [1.54, 1.807) is 12.4 Å². The van der Waals surface area contributed by atoms with Crippen LogP contribution in [0, 0.1) is 6.92 Å². The van der Waals surface area contributed by atoms with E-state index in [1.165, 1.54) is 16.7 Å². The number of fused-ring (bicyclic) bond motifs is 1. The first-order valence-corrected chi connectivity index (χ1v) is 8.96. The van der Waals surface area contributed by atoms with Crippen LogP contribution in [0.4, 0.5) is 13.6 Å². The van der Waals surface area contributed by atoms with E-state index >= 15 is 0 Å². The molecule has 0 aliphatic heterocycles. The van der Waals surface area contributed by atoms with Crippen molar-refractivity contribution in [2.75, 3.05) is 3.71 Å². The zero-order valence-electron chi connectivity index (χ0n) is 14.1. The SMILES string of the molecule is C=Cc1cc(N(SF)SF)n2ncc(-c3cnc(C)c(/C=C\C)c3)c2n1. The maximum atomic E-state index is 13.1. The summed E-state index contributed by atoms with van der Waals surface area (Å²) in [6.07, 6.45) is 8.75. The molecule has 0 aliphatic carbocycles. The highest BCUT2D eigenvalue weighted by molar-refractivity contribution is 8.13. The molecule has 0 radical (unpaired) electrons. The lowest BCUT2D eigenvalue weighted by Gasteiger charge is -2.14. The number of aromatic nitrogens is 4. The Morgan fingerprint density at radius 1 is 1.23 bits per heavy atom. The second kappa shape index (κ2) is 7.88. The molecule has 26 heavy (non-hydrogen) atoms. The van der Waals surface area contributed by atoms with Crippen molar-refractivity contribution in [2.45, 2.75) is 13.8 Å². The van der Waals surface area contributed by atoms with Crippen LogP contribution in [-0.2, 0) is 0 Å². The highest BCUT2D eigenvalue weighted by Gasteiger charge is 2.19. The summed E-state index contributed by atoms with van der Waals surface area (Å²) in [6.45, 7) is 7.55. The molecule has 3 aromatic rings. The largest absolute Gasteiger partial charge is 0.260 e. The molecule has 3 rings (SSSR count). The lowest BCUT2D eigenvalue weighted by atomic mass is 10.1. The molecule has 0 aromatic carbocycles. The molecule has 9 heteroatoms. The van der Waals surface area contributed by atoms with Crippen molar-refractivity contribution in [3.63, 3.8) is 0 Å². The van der Waals surface area contributed by atoms with Crippen molar-refractivity contribution in [1.29, 1.82) is 0 Å². The van der Waals surface area contributed by atoms with Crippen molar-refractivity contribution in [1.82, 2.24) is 19.6 Å². The van der Waals surface area contributed by atoms with E-state index < -0.39 is 0 Å². The summed E-state index contributed by atoms with van der Waals surface area (Å²) < 4.78 is 28.3. The highest BCUT2D eigenvalue weighted by atomic mass is 32.3. The molecule has 5 nitrogen and oxygen atoms in total. The number of rotatable bonds is 6. The van der Waals surface area contributed by atoms with Gasteiger partial charge < -0.3 is 0 Å². The Balaban J connectivity index is 2.24. The van der Waals surface area contributed by atoms with Crippen LogP contribution in [0.3, 0.4) is 0 Å². The van der Waals surface area contributed by atoms with Crippen LogP contribution >= 0.6 is 24.7 Å². The van der Waals surface area contributed by atoms with Crippen molar-refractivity contribution in [3.8, 4) is 11.1 Å². The minimum Gasteiger partial charge on any atom is -0.260 e. The minimum atomic E-state index is -0.250. The molecule has 0 spiro atoms. The molecule has 3 heterocycles. The van der Waals surface area contributed by atoms with Gasteiger partial charge in [0.2, 0.25) is 0 Å². The van der Waals surface area contributed by atoms with Gasteiger partial charge in [0, 0.05) is 29.1 Å². The van der Waals surface area contributed by atoms with Gasteiger partial charge in [0.1, 0.15) is 0 Å². The zero-order valence-corrected chi connectivity index (χ0v) is 15.7. The molecule has 0 saturated heterocycles. The summed E-state index contributed by atoms with van der Waals surface area (Å²) in [5, 5.41) is 4.26. The van der Waals surface area contributed by atoms with Crippen LogP contribution in [0.1, 0.15) is 23.9 Å². The van der Waals surface area contributed by atoms with E-state index in [4.69, 9.17) is 0 Å². The maximum Gasteiger partial charge on any atom is 0.179 e. The second-order valence-corrected chi connectivity index (χ2v) is 6.57. The average Bonchev–Trinajstić information content (AvgIpc) is 3.08. The van der Waals surface area contributed by atoms with Crippen molar-refractivity contribution >= 4 is 48.3 Å². The van der Waals surface area contributed by atoms with Gasteiger partial charge in [-0.15, -0.1) is 7.77 Å². The first-order chi connectivity index (χ1) is 12.6. The molecule has 0 aliphatic rings. The first kappa shape index (κ1) is 18.4. The first-order valence-electron chi connectivity index (χ1n) is 7.61. The molecule has 0 atom stereocenters. The van der Waals surface area contributed by atoms with Gasteiger partial charge in [0.05, 0.1) is 11.9 Å². The molecule has 0 fully saturated rings. The number of halogens is 2. The number of anilines is 1. The van der Waals surface area contributed by atoms with E-state index in [2.05, 4.69) is 21.6 Å². The van der Waals surface area contributed by atoms with Crippen LogP contribution in [0.2, 0.25) is 0 Å². The fourth-order valence-corrected chi connectivity index (χ4v) is 3.02. The highest BCUT2D eigenvalue weighted by Crippen LogP contribution is 2.34. The van der Waals surface area contributed by atoms with Gasteiger partial charge in [-0.3, -0.25) is 4.98 Å². The fourth-order valence-electron chi connectivity index (χ4n) is 2.53. The monoisotopic (exact) mass is 391 g/mol. The lowest BCUT2D eigenvalue weighted by Crippen LogP contribution is -2.08. The van der Waals surface area contributed by atoms with Crippen LogP contribution < -0.4 is 3.71 Å². The quantitative estimate of drug-likeness (QED) is 0.506. The molecule has 0 N–H and O–H groups in total. The number of aryl methyl sites for hydroxylation is 1. The Morgan fingerprint density at radius 3 is 2.65 bits per heavy atom. The number of hydrogen-bond acceptors (Lipinski definition) is 6. The van der Waals surface area contributed by atoms with Crippen molar-refractivity contribution < 1.29 is 7.77 Å². The minimum absolute atomic E-state index is 0.199. The number of hydrogen-bond donors (Lipinski definition) is 0. The molecule has 3 aromatic heterocycles. The number of allylic oxidation sites excluding steroid dienone is 1. The van der Waals surface area contributed by atoms with E-state index in [9.17, 15) is 7.77 Å². The maximum absolute atomic E-state index is 13.1. The molecular weight excluding hydrogens is 376 g/mol. The van der Waals surface area contributed by atoms with Gasteiger partial charge >= 0.3 is 0 Å². The van der Waals surface area contributed by atoms with Crippen molar-refractivity contribution in [2.24, 2.45) is 0 Å². The van der Waals surface area contributed by atoms with E-state index in [-0.39, 0.29) is 30.5 Å². The molecule has 0 bridgehead atoms. The fraction of sp³-hybridized carbons (Fsp3) is 0.118. The van der Waals surface area contributed by atoms with Crippen LogP contribution in [0.25, 0.3) is 28.9 Å². The second-order valence-electron chi connectivity index (χ2n) is 5.33. The summed E-state index contributed by atoms with van der Waals surface area (Å²) >= 11 is -0.500. The number of nitrogens with zero attached hydrogens (tertiary/aromatic N) is 5. The summed E-state index contributed by atoms with van der Waals surface area (Å²) in [4.78, 5) is 8.90. The van der Waals surface area contributed by atoms with Crippen LogP contribution in [0.5, 0.6) is 0 Å². The van der Waals surface area contributed by atoms with Gasteiger partial charge in [-0.25, -0.2) is 4.98 Å². The van der Waals surface area contributed by atoms with Gasteiger partial charge in [0.15, 0.2) is 36.1 Å².